The molecule has 6 heteroatoms. The molecule has 0 aliphatic rings. The quantitative estimate of drug-likeness (QED) is 0.909. The van der Waals surface area contributed by atoms with Gasteiger partial charge in [-0.05, 0) is 43.2 Å². The summed E-state index contributed by atoms with van der Waals surface area (Å²) in [6.07, 6.45) is 0.990. The van der Waals surface area contributed by atoms with E-state index in [0.717, 1.165) is 16.8 Å². The molecule has 6 nitrogen and oxygen atoms in total. The zero-order valence-corrected chi connectivity index (χ0v) is 13.3. The number of benzene rings is 1. The van der Waals surface area contributed by atoms with E-state index < -0.39 is 6.09 Å². The Labute approximate surface area is 134 Å². The third kappa shape index (κ3) is 4.29. The van der Waals surface area contributed by atoms with E-state index in [2.05, 4.69) is 20.4 Å². The van der Waals surface area contributed by atoms with E-state index in [1.807, 2.05) is 32.0 Å². The molecule has 0 radical (unpaired) electrons. The Bertz CT molecular complexity index is 729. The first-order chi connectivity index (χ1) is 11.0. The van der Waals surface area contributed by atoms with Crippen LogP contribution >= 0.6 is 0 Å². The maximum absolute atomic E-state index is 12.4. The SMILES string of the molecule is COC(=O)NCc1cc(C(=O)Nc2cccc(C)c2C)ccn1. The summed E-state index contributed by atoms with van der Waals surface area (Å²) in [5.74, 6) is -0.222. The first-order valence-corrected chi connectivity index (χ1v) is 7.15. The minimum Gasteiger partial charge on any atom is -0.453 e. The average molecular weight is 313 g/mol. The van der Waals surface area contributed by atoms with Gasteiger partial charge in [0, 0.05) is 17.4 Å². The van der Waals surface area contributed by atoms with Crippen molar-refractivity contribution in [2.45, 2.75) is 20.4 Å². The molecule has 0 spiro atoms. The van der Waals surface area contributed by atoms with Gasteiger partial charge >= 0.3 is 6.09 Å². The summed E-state index contributed by atoms with van der Waals surface area (Å²) >= 11 is 0. The first kappa shape index (κ1) is 16.5. The minimum absolute atomic E-state index is 0.192. The highest BCUT2D eigenvalue weighted by atomic mass is 16.5. The molecule has 0 bridgehead atoms. The normalized spacial score (nSPS) is 10.0. The Morgan fingerprint density at radius 1 is 1.22 bits per heavy atom. The van der Waals surface area contributed by atoms with E-state index in [1.165, 1.54) is 13.3 Å². The molecule has 120 valence electrons. The van der Waals surface area contributed by atoms with Crippen molar-refractivity contribution in [3.05, 3.63) is 58.9 Å². The van der Waals surface area contributed by atoms with Gasteiger partial charge < -0.3 is 15.4 Å². The molecule has 0 saturated carbocycles. The van der Waals surface area contributed by atoms with Gasteiger partial charge in [0.15, 0.2) is 0 Å². The molecule has 0 aliphatic carbocycles. The van der Waals surface area contributed by atoms with E-state index in [-0.39, 0.29) is 12.5 Å². The fourth-order valence-corrected chi connectivity index (χ4v) is 2.03. The smallest absolute Gasteiger partial charge is 0.407 e. The summed E-state index contributed by atoms with van der Waals surface area (Å²) in [7, 11) is 1.29. The lowest BCUT2D eigenvalue weighted by Gasteiger charge is -2.11. The molecule has 0 unspecified atom stereocenters. The molecule has 1 heterocycles. The average Bonchev–Trinajstić information content (AvgIpc) is 2.57. The van der Waals surface area contributed by atoms with E-state index in [9.17, 15) is 9.59 Å². The number of nitrogens with one attached hydrogen (secondary N) is 2. The Hall–Kier alpha value is -2.89. The van der Waals surface area contributed by atoms with Crippen LogP contribution in [0.3, 0.4) is 0 Å². The van der Waals surface area contributed by atoms with Crippen LogP contribution in [-0.4, -0.2) is 24.1 Å². The fourth-order valence-electron chi connectivity index (χ4n) is 2.03. The zero-order chi connectivity index (χ0) is 16.8. The number of hydrogen-bond acceptors (Lipinski definition) is 4. The molecule has 0 atom stereocenters. The summed E-state index contributed by atoms with van der Waals surface area (Å²) in [6.45, 7) is 4.15. The van der Waals surface area contributed by atoms with Crippen molar-refractivity contribution in [3.8, 4) is 0 Å². The van der Waals surface area contributed by atoms with Crippen molar-refractivity contribution >= 4 is 17.7 Å². The summed E-state index contributed by atoms with van der Waals surface area (Å²) in [6, 6.07) is 9.02. The molecule has 23 heavy (non-hydrogen) atoms. The lowest BCUT2D eigenvalue weighted by Crippen LogP contribution is -2.23. The lowest BCUT2D eigenvalue weighted by atomic mass is 10.1. The number of pyridine rings is 1. The van der Waals surface area contributed by atoms with Crippen LogP contribution in [0.15, 0.2) is 36.5 Å². The molecule has 2 N–H and O–H groups in total. The van der Waals surface area contributed by atoms with Crippen LogP contribution in [0.2, 0.25) is 0 Å². The number of ether oxygens (including phenoxy) is 1. The van der Waals surface area contributed by atoms with Crippen LogP contribution in [0.25, 0.3) is 0 Å². The number of aryl methyl sites for hydroxylation is 1. The lowest BCUT2D eigenvalue weighted by molar-refractivity contribution is 0.102. The number of amides is 2. The molecule has 1 aromatic carbocycles. The predicted molar refractivity (Wildman–Crippen MR) is 87.4 cm³/mol. The van der Waals surface area contributed by atoms with Crippen molar-refractivity contribution in [3.63, 3.8) is 0 Å². The third-order valence-corrected chi connectivity index (χ3v) is 3.53. The summed E-state index contributed by atoms with van der Waals surface area (Å²) in [5.41, 5.74) is 3.97. The van der Waals surface area contributed by atoms with Crippen LogP contribution in [0.4, 0.5) is 10.5 Å². The maximum Gasteiger partial charge on any atom is 0.407 e. The number of methoxy groups -OCH3 is 1. The van der Waals surface area contributed by atoms with E-state index in [1.54, 1.807) is 12.1 Å². The van der Waals surface area contributed by atoms with Crippen LogP contribution in [0.5, 0.6) is 0 Å². The fraction of sp³-hybridized carbons (Fsp3) is 0.235. The standard InChI is InChI=1S/C17H19N3O3/c1-11-5-4-6-15(12(11)2)20-16(21)13-7-8-18-14(9-13)10-19-17(22)23-3/h4-9H,10H2,1-3H3,(H,19,22)(H,20,21). The van der Waals surface area contributed by atoms with E-state index >= 15 is 0 Å². The number of hydrogen-bond donors (Lipinski definition) is 2. The monoisotopic (exact) mass is 313 g/mol. The van der Waals surface area contributed by atoms with Gasteiger partial charge in [-0.25, -0.2) is 4.79 Å². The van der Waals surface area contributed by atoms with Gasteiger partial charge in [-0.2, -0.15) is 0 Å². The molecule has 2 aromatic rings. The Balaban J connectivity index is 2.10. The van der Waals surface area contributed by atoms with Crippen molar-refractivity contribution in [1.29, 1.82) is 0 Å². The molecule has 0 saturated heterocycles. The third-order valence-electron chi connectivity index (χ3n) is 3.53. The molecule has 2 amide bonds. The topological polar surface area (TPSA) is 80.3 Å². The van der Waals surface area contributed by atoms with Crippen LogP contribution in [0.1, 0.15) is 27.2 Å². The molecule has 0 aliphatic heterocycles. The van der Waals surface area contributed by atoms with Gasteiger partial charge in [-0.3, -0.25) is 9.78 Å². The number of rotatable bonds is 4. The number of nitrogens with zero attached hydrogens (tertiary/aromatic N) is 1. The number of alkyl carbamates (subject to hydrolysis) is 1. The molecular formula is C17H19N3O3. The largest absolute Gasteiger partial charge is 0.453 e. The number of aromatic nitrogens is 1. The second-order valence-corrected chi connectivity index (χ2v) is 5.08. The van der Waals surface area contributed by atoms with Crippen LogP contribution < -0.4 is 10.6 Å². The highest BCUT2D eigenvalue weighted by Crippen LogP contribution is 2.18. The van der Waals surface area contributed by atoms with Crippen molar-refractivity contribution in [1.82, 2.24) is 10.3 Å². The number of carbonyl (C=O) groups is 2. The Kier molecular flexibility index (Phi) is 5.30. The van der Waals surface area contributed by atoms with Crippen molar-refractivity contribution in [2.24, 2.45) is 0 Å². The number of anilines is 1. The van der Waals surface area contributed by atoms with Crippen molar-refractivity contribution in [2.75, 3.05) is 12.4 Å². The van der Waals surface area contributed by atoms with Gasteiger partial charge in [-0.1, -0.05) is 12.1 Å². The predicted octanol–water partition coefficient (Wildman–Crippen LogP) is 2.81. The first-order valence-electron chi connectivity index (χ1n) is 7.15. The van der Waals surface area contributed by atoms with Gasteiger partial charge in [0.1, 0.15) is 0 Å². The minimum atomic E-state index is -0.544. The van der Waals surface area contributed by atoms with Gasteiger partial charge in [0.05, 0.1) is 19.3 Å². The second-order valence-electron chi connectivity index (χ2n) is 5.08. The summed E-state index contributed by atoms with van der Waals surface area (Å²) < 4.78 is 4.50. The van der Waals surface area contributed by atoms with E-state index in [0.29, 0.717) is 11.3 Å². The Morgan fingerprint density at radius 2 is 2.00 bits per heavy atom. The Morgan fingerprint density at radius 3 is 2.74 bits per heavy atom. The van der Waals surface area contributed by atoms with Gasteiger partial charge in [-0.15, -0.1) is 0 Å². The highest BCUT2D eigenvalue weighted by Gasteiger charge is 2.10. The molecule has 0 fully saturated rings. The molecular weight excluding hydrogens is 294 g/mol. The van der Waals surface area contributed by atoms with Crippen molar-refractivity contribution < 1.29 is 14.3 Å². The molecule has 2 rings (SSSR count). The van der Waals surface area contributed by atoms with Gasteiger partial charge in [0.2, 0.25) is 0 Å². The highest BCUT2D eigenvalue weighted by molar-refractivity contribution is 6.04. The summed E-state index contributed by atoms with van der Waals surface area (Å²) in [4.78, 5) is 27.6. The van der Waals surface area contributed by atoms with Crippen LogP contribution in [0, 0.1) is 13.8 Å². The van der Waals surface area contributed by atoms with Crippen LogP contribution in [-0.2, 0) is 11.3 Å². The second kappa shape index (κ2) is 7.40. The maximum atomic E-state index is 12.4. The summed E-state index contributed by atoms with van der Waals surface area (Å²) in [5, 5.41) is 5.42. The number of carbonyl (C=O) groups excluding carboxylic acids is 2. The molecule has 1 aromatic heterocycles. The van der Waals surface area contributed by atoms with E-state index in [4.69, 9.17) is 0 Å². The van der Waals surface area contributed by atoms with Gasteiger partial charge in [0.25, 0.3) is 5.91 Å². The zero-order valence-electron chi connectivity index (χ0n) is 13.3.